The molecule has 42 heavy (non-hydrogen) atoms. The van der Waals surface area contributed by atoms with Crippen molar-refractivity contribution in [1.82, 2.24) is 30.0 Å². The second-order valence-corrected chi connectivity index (χ2v) is 11.0. The van der Waals surface area contributed by atoms with E-state index in [0.29, 0.717) is 28.7 Å². The van der Waals surface area contributed by atoms with Gasteiger partial charge in [-0.2, -0.15) is 5.10 Å². The van der Waals surface area contributed by atoms with Crippen molar-refractivity contribution in [2.75, 3.05) is 6.54 Å². The Kier molecular flexibility index (Phi) is 7.14. The number of allylic oxidation sites excluding steroid dienone is 1. The van der Waals surface area contributed by atoms with E-state index in [2.05, 4.69) is 20.4 Å². The largest absolute Gasteiger partial charge is 0.348 e. The number of rotatable bonds is 8. The number of nitrogens with zero attached hydrogens (tertiary/aromatic N) is 5. The van der Waals surface area contributed by atoms with E-state index in [1.54, 1.807) is 24.2 Å². The molecule has 1 aliphatic heterocycles. The number of amides is 2. The molecule has 6 rings (SSSR count). The van der Waals surface area contributed by atoms with Crippen molar-refractivity contribution in [3.63, 3.8) is 0 Å². The third-order valence-corrected chi connectivity index (χ3v) is 8.21. The minimum Gasteiger partial charge on any atom is -0.348 e. The van der Waals surface area contributed by atoms with E-state index in [-0.39, 0.29) is 48.3 Å². The molecular formula is C32H31FN6O3. The maximum atomic E-state index is 14.9. The maximum absolute atomic E-state index is 14.9. The molecule has 0 bridgehead atoms. The smallest absolute Gasteiger partial charge is 0.245 e. The van der Waals surface area contributed by atoms with Gasteiger partial charge >= 0.3 is 0 Å². The fourth-order valence-electron chi connectivity index (χ4n) is 5.80. The number of ketones is 1. The Hall–Kier alpha value is -4.73. The number of Topliss-reactive ketones (excluding diaryl/α,β-unsaturated/α-hetero) is 1. The summed E-state index contributed by atoms with van der Waals surface area (Å²) >= 11 is 0. The topological polar surface area (TPSA) is 110 Å². The summed E-state index contributed by atoms with van der Waals surface area (Å²) in [6, 6.07) is 14.0. The average molecular weight is 567 g/mol. The molecule has 2 aromatic carbocycles. The van der Waals surface area contributed by atoms with E-state index in [0.717, 1.165) is 23.1 Å². The number of likely N-dealkylation sites (tertiary alicyclic amines) is 1. The molecule has 9 nitrogen and oxygen atoms in total. The fourth-order valence-corrected chi connectivity index (χ4v) is 5.80. The number of carbonyl (C=O) groups excluding carboxylic acids is 3. The van der Waals surface area contributed by atoms with E-state index in [4.69, 9.17) is 0 Å². The molecule has 1 aliphatic carbocycles. The van der Waals surface area contributed by atoms with E-state index in [9.17, 15) is 18.8 Å². The van der Waals surface area contributed by atoms with Crippen LogP contribution in [0.25, 0.3) is 27.6 Å². The Morgan fingerprint density at radius 1 is 1.00 bits per heavy atom. The summed E-state index contributed by atoms with van der Waals surface area (Å²) in [5.74, 6) is -0.348. The fraction of sp³-hybridized carbons (Fsp3) is 0.312. The Labute approximate surface area is 242 Å². The average Bonchev–Trinajstić information content (AvgIpc) is 3.50. The maximum Gasteiger partial charge on any atom is 0.245 e. The van der Waals surface area contributed by atoms with E-state index >= 15 is 0 Å². The van der Waals surface area contributed by atoms with Gasteiger partial charge in [0.15, 0.2) is 5.78 Å². The first-order valence-electron chi connectivity index (χ1n) is 14.0. The molecular weight excluding hydrogens is 535 g/mol. The molecule has 2 amide bonds. The molecule has 2 aliphatic rings. The van der Waals surface area contributed by atoms with Crippen molar-refractivity contribution in [3.8, 4) is 11.1 Å². The highest BCUT2D eigenvalue weighted by Gasteiger charge is 2.56. The van der Waals surface area contributed by atoms with Crippen molar-refractivity contribution in [3.05, 3.63) is 83.8 Å². The van der Waals surface area contributed by atoms with Gasteiger partial charge in [0.2, 0.25) is 11.8 Å². The van der Waals surface area contributed by atoms with Crippen LogP contribution in [0.4, 0.5) is 4.39 Å². The summed E-state index contributed by atoms with van der Waals surface area (Å²) < 4.78 is 16.4. The Morgan fingerprint density at radius 2 is 1.74 bits per heavy atom. The number of aromatic nitrogens is 4. The van der Waals surface area contributed by atoms with Crippen LogP contribution < -0.4 is 5.32 Å². The van der Waals surface area contributed by atoms with Gasteiger partial charge in [0.05, 0.1) is 12.1 Å². The van der Waals surface area contributed by atoms with Crippen molar-refractivity contribution in [2.24, 2.45) is 5.92 Å². The molecule has 1 saturated carbocycles. The molecule has 0 spiro atoms. The predicted molar refractivity (Wildman–Crippen MR) is 156 cm³/mol. The van der Waals surface area contributed by atoms with Crippen LogP contribution in [0.15, 0.2) is 66.8 Å². The molecule has 2 fully saturated rings. The zero-order valence-corrected chi connectivity index (χ0v) is 23.7. The molecule has 3 heterocycles. The monoisotopic (exact) mass is 566 g/mol. The first-order chi connectivity index (χ1) is 20.2. The summed E-state index contributed by atoms with van der Waals surface area (Å²) in [5, 5.41) is 7.82. The highest BCUT2D eigenvalue weighted by atomic mass is 19.1. The first-order valence-corrected chi connectivity index (χ1v) is 14.0. The van der Waals surface area contributed by atoms with Gasteiger partial charge in [-0.25, -0.2) is 14.4 Å². The van der Waals surface area contributed by atoms with E-state index in [1.807, 2.05) is 55.5 Å². The lowest BCUT2D eigenvalue weighted by Gasteiger charge is -2.27. The Bertz CT molecular complexity index is 1730. The van der Waals surface area contributed by atoms with Gasteiger partial charge < -0.3 is 10.2 Å². The number of piperidine rings is 1. The first kappa shape index (κ1) is 27.4. The number of aryl methyl sites for hydroxylation is 1. The lowest BCUT2D eigenvalue weighted by Crippen LogP contribution is -2.49. The molecule has 2 aromatic heterocycles. The van der Waals surface area contributed by atoms with Gasteiger partial charge in [0.25, 0.3) is 0 Å². The predicted octanol–water partition coefficient (Wildman–Crippen LogP) is 4.51. The van der Waals surface area contributed by atoms with Crippen LogP contribution in [-0.2, 0) is 16.1 Å². The molecule has 214 valence electrons. The highest BCUT2D eigenvalue weighted by molar-refractivity contribution is 6.06. The summed E-state index contributed by atoms with van der Waals surface area (Å²) in [6.45, 7) is 4.57. The van der Waals surface area contributed by atoms with Crippen LogP contribution in [0.1, 0.15) is 48.6 Å². The third kappa shape index (κ3) is 5.20. The third-order valence-electron chi connectivity index (χ3n) is 8.21. The minimum absolute atomic E-state index is 0.0121. The summed E-state index contributed by atoms with van der Waals surface area (Å²) in [4.78, 5) is 49.4. The number of nitrogens with one attached hydrogen (secondary N) is 1. The standard InChI is InChI=1S/C32H31FN6O3/c1-18(21-7-5-4-6-8-21)26(33)16-36-32(42)29-13-23-12-28(23)39(29)30(41)17-38-27-10-9-22(24-14-34-20(3)35-15-24)11-25(27)31(37-38)19(2)40/h4-11,14-15,23,28-29H,12-13,16-17H2,1-3H3,(H,36,42)/b26-18-/t23-,28?,29+/m1/s1. The number of fused-ring (bicyclic) bond motifs is 2. The number of halogens is 1. The molecule has 1 N–H and O–H groups in total. The van der Waals surface area contributed by atoms with Gasteiger partial charge in [-0.3, -0.25) is 19.1 Å². The number of benzene rings is 2. The van der Waals surface area contributed by atoms with E-state index in [1.165, 1.54) is 11.6 Å². The molecule has 3 atom stereocenters. The lowest BCUT2D eigenvalue weighted by molar-refractivity contribution is -0.140. The Balaban J connectivity index is 1.20. The van der Waals surface area contributed by atoms with Crippen molar-refractivity contribution in [2.45, 2.75) is 52.2 Å². The second kappa shape index (κ2) is 10.9. The van der Waals surface area contributed by atoms with Crippen LogP contribution in [0.3, 0.4) is 0 Å². The van der Waals surface area contributed by atoms with Gasteiger partial charge in [0.1, 0.15) is 29.9 Å². The highest BCUT2D eigenvalue weighted by Crippen LogP contribution is 2.48. The van der Waals surface area contributed by atoms with E-state index < -0.39 is 11.9 Å². The van der Waals surface area contributed by atoms with Crippen LogP contribution in [0.2, 0.25) is 0 Å². The lowest BCUT2D eigenvalue weighted by atomic mass is 10.0. The number of hydrogen-bond donors (Lipinski definition) is 1. The quantitative estimate of drug-likeness (QED) is 0.314. The summed E-state index contributed by atoms with van der Waals surface area (Å²) in [6.07, 6.45) is 4.84. The Morgan fingerprint density at radius 3 is 2.45 bits per heavy atom. The van der Waals surface area contributed by atoms with Crippen LogP contribution in [-0.4, -0.2) is 60.9 Å². The van der Waals surface area contributed by atoms with Gasteiger partial charge in [-0.15, -0.1) is 0 Å². The normalized spacial score (nSPS) is 19.8. The number of carbonyl (C=O) groups is 3. The van der Waals surface area contributed by atoms with Crippen LogP contribution in [0, 0.1) is 12.8 Å². The van der Waals surface area contributed by atoms with Crippen molar-refractivity contribution >= 4 is 34.1 Å². The minimum atomic E-state index is -0.673. The molecule has 4 aromatic rings. The van der Waals surface area contributed by atoms with Gasteiger partial charge in [-0.1, -0.05) is 36.4 Å². The molecule has 0 radical (unpaired) electrons. The molecule has 1 saturated heterocycles. The molecule has 10 heteroatoms. The van der Waals surface area contributed by atoms with Gasteiger partial charge in [-0.05, 0) is 61.4 Å². The zero-order chi connectivity index (χ0) is 29.5. The summed E-state index contributed by atoms with van der Waals surface area (Å²) in [7, 11) is 0. The van der Waals surface area contributed by atoms with Crippen LogP contribution in [0.5, 0.6) is 0 Å². The zero-order valence-electron chi connectivity index (χ0n) is 23.7. The SMILES string of the molecule is CC(=O)c1nn(CC(=O)N2C3C[C@@H]3C[C@H]2C(=O)NC/C(F)=C(\C)c2ccccc2)c2ccc(-c3cnc(C)nc3)cc12. The van der Waals surface area contributed by atoms with Crippen LogP contribution >= 0.6 is 0 Å². The summed E-state index contributed by atoms with van der Waals surface area (Å²) in [5.41, 5.74) is 3.75. The van der Waals surface area contributed by atoms with Crippen molar-refractivity contribution in [1.29, 1.82) is 0 Å². The molecule has 1 unspecified atom stereocenters. The second-order valence-electron chi connectivity index (χ2n) is 11.0. The van der Waals surface area contributed by atoms with Crippen molar-refractivity contribution < 1.29 is 18.8 Å². The van der Waals surface area contributed by atoms with Gasteiger partial charge in [0, 0.05) is 36.3 Å². The number of hydrogen-bond acceptors (Lipinski definition) is 6.